The van der Waals surface area contributed by atoms with Gasteiger partial charge in [-0.15, -0.1) is 0 Å². The number of rotatable bonds is 6. The quantitative estimate of drug-likeness (QED) is 0.506. The Morgan fingerprint density at radius 3 is 2.44 bits per heavy atom. The Labute approximate surface area is 99.8 Å². The van der Waals surface area contributed by atoms with Crippen molar-refractivity contribution in [3.8, 4) is 0 Å². The van der Waals surface area contributed by atoms with Crippen LogP contribution >= 0.6 is 0 Å². The second-order valence-electron chi connectivity index (χ2n) is 4.87. The van der Waals surface area contributed by atoms with Crippen molar-refractivity contribution in [3.63, 3.8) is 0 Å². The van der Waals surface area contributed by atoms with Gasteiger partial charge in [-0.3, -0.25) is 0 Å². The van der Waals surface area contributed by atoms with Crippen LogP contribution in [0.15, 0.2) is 42.2 Å². The Bertz CT molecular complexity index is 309. The molecule has 0 N–H and O–H groups in total. The molecule has 1 heteroatoms. The first-order valence-corrected chi connectivity index (χ1v) is 6.26. The predicted molar refractivity (Wildman–Crippen MR) is 69.1 cm³/mol. The number of pyridine rings is 1. The highest BCUT2D eigenvalue weighted by atomic mass is 14.9. The lowest BCUT2D eigenvalue weighted by atomic mass is 10.0. The van der Waals surface area contributed by atoms with E-state index in [1.807, 2.05) is 0 Å². The van der Waals surface area contributed by atoms with E-state index in [-0.39, 0.29) is 0 Å². The van der Waals surface area contributed by atoms with Crippen LogP contribution in [0.25, 0.3) is 0 Å². The lowest BCUT2D eigenvalue weighted by molar-refractivity contribution is -0.698. The molecule has 0 amide bonds. The Morgan fingerprint density at radius 2 is 1.81 bits per heavy atom. The van der Waals surface area contributed by atoms with Crippen LogP contribution in [0.3, 0.4) is 0 Å². The minimum absolute atomic E-state index is 0.809. The molecule has 1 aromatic heterocycles. The van der Waals surface area contributed by atoms with Crippen LogP contribution in [0, 0.1) is 5.92 Å². The zero-order chi connectivity index (χ0) is 11.8. The third-order valence-corrected chi connectivity index (χ3v) is 2.87. The maximum Gasteiger partial charge on any atom is 0.168 e. The van der Waals surface area contributed by atoms with E-state index in [0.29, 0.717) is 0 Å². The standard InChI is InChI=1S/C15H24N/c1-14(2)8-7-9-15(3)10-13-16-11-5-4-6-12-16/h4-6,8,11-12,15H,7,9-10,13H2,1-3H3/q+1/t15-/m1/s1. The average molecular weight is 218 g/mol. The van der Waals surface area contributed by atoms with Gasteiger partial charge in [0.25, 0.3) is 0 Å². The van der Waals surface area contributed by atoms with E-state index in [2.05, 4.69) is 62.0 Å². The maximum atomic E-state index is 2.35. The van der Waals surface area contributed by atoms with Crippen molar-refractivity contribution in [1.82, 2.24) is 0 Å². The van der Waals surface area contributed by atoms with Crippen LogP contribution < -0.4 is 4.57 Å². The molecule has 0 saturated carbocycles. The van der Waals surface area contributed by atoms with Crippen LogP contribution in [0.2, 0.25) is 0 Å². The van der Waals surface area contributed by atoms with E-state index in [4.69, 9.17) is 0 Å². The summed E-state index contributed by atoms with van der Waals surface area (Å²) in [5.41, 5.74) is 1.43. The molecule has 1 rings (SSSR count). The first kappa shape index (κ1) is 13.0. The Morgan fingerprint density at radius 1 is 1.12 bits per heavy atom. The van der Waals surface area contributed by atoms with Crippen LogP contribution in [0.1, 0.15) is 40.0 Å². The van der Waals surface area contributed by atoms with Crippen molar-refractivity contribution in [2.45, 2.75) is 46.6 Å². The number of nitrogens with zero attached hydrogens (tertiary/aromatic N) is 1. The van der Waals surface area contributed by atoms with Gasteiger partial charge in [-0.2, -0.15) is 0 Å². The monoisotopic (exact) mass is 218 g/mol. The van der Waals surface area contributed by atoms with Gasteiger partial charge in [0.2, 0.25) is 0 Å². The van der Waals surface area contributed by atoms with E-state index < -0.39 is 0 Å². The predicted octanol–water partition coefficient (Wildman–Crippen LogP) is 3.75. The van der Waals surface area contributed by atoms with Crippen molar-refractivity contribution in [2.75, 3.05) is 0 Å². The van der Waals surface area contributed by atoms with E-state index in [1.165, 1.54) is 24.8 Å². The van der Waals surface area contributed by atoms with E-state index in [0.717, 1.165) is 12.5 Å². The molecule has 88 valence electrons. The summed E-state index contributed by atoms with van der Waals surface area (Å²) in [5.74, 6) is 0.809. The molecule has 0 radical (unpaired) electrons. The molecule has 0 aromatic carbocycles. The molecule has 1 aromatic rings. The summed E-state index contributed by atoms with van der Waals surface area (Å²) in [6, 6.07) is 6.25. The molecule has 0 spiro atoms. The van der Waals surface area contributed by atoms with Gasteiger partial charge >= 0.3 is 0 Å². The largest absolute Gasteiger partial charge is 0.205 e. The minimum Gasteiger partial charge on any atom is -0.205 e. The van der Waals surface area contributed by atoms with Crippen molar-refractivity contribution in [3.05, 3.63) is 42.2 Å². The molecule has 1 heterocycles. The Balaban J connectivity index is 2.20. The summed E-state index contributed by atoms with van der Waals surface area (Å²) in [6.45, 7) is 7.83. The lowest BCUT2D eigenvalue weighted by Gasteiger charge is -2.07. The van der Waals surface area contributed by atoms with Gasteiger partial charge in [0.15, 0.2) is 12.4 Å². The fourth-order valence-corrected chi connectivity index (χ4v) is 1.75. The normalized spacial score (nSPS) is 12.2. The van der Waals surface area contributed by atoms with E-state index in [9.17, 15) is 0 Å². The number of aromatic nitrogens is 1. The van der Waals surface area contributed by atoms with Gasteiger partial charge in [0, 0.05) is 18.6 Å². The highest BCUT2D eigenvalue weighted by Gasteiger charge is 2.04. The third-order valence-electron chi connectivity index (χ3n) is 2.87. The van der Waals surface area contributed by atoms with E-state index >= 15 is 0 Å². The smallest absolute Gasteiger partial charge is 0.168 e. The fourth-order valence-electron chi connectivity index (χ4n) is 1.75. The van der Waals surface area contributed by atoms with Crippen molar-refractivity contribution in [2.24, 2.45) is 5.92 Å². The third kappa shape index (κ3) is 5.69. The number of hydrogen-bond donors (Lipinski definition) is 0. The maximum absolute atomic E-state index is 2.35. The van der Waals surface area contributed by atoms with Crippen molar-refractivity contribution in [1.29, 1.82) is 0 Å². The molecule has 0 fully saturated rings. The molecular formula is C15H24N+. The van der Waals surface area contributed by atoms with Crippen LogP contribution in [0.4, 0.5) is 0 Å². The zero-order valence-electron chi connectivity index (χ0n) is 10.8. The molecule has 16 heavy (non-hydrogen) atoms. The first-order chi connectivity index (χ1) is 7.68. The molecule has 1 nitrogen and oxygen atoms in total. The summed E-state index contributed by atoms with van der Waals surface area (Å²) in [5, 5.41) is 0. The van der Waals surface area contributed by atoms with Crippen molar-refractivity contribution >= 4 is 0 Å². The summed E-state index contributed by atoms with van der Waals surface area (Å²) < 4.78 is 2.26. The summed E-state index contributed by atoms with van der Waals surface area (Å²) in [4.78, 5) is 0. The lowest BCUT2D eigenvalue weighted by Crippen LogP contribution is -2.33. The van der Waals surface area contributed by atoms with Gasteiger partial charge < -0.3 is 0 Å². The average Bonchev–Trinajstić information content (AvgIpc) is 2.27. The van der Waals surface area contributed by atoms with Crippen LogP contribution in [-0.2, 0) is 6.54 Å². The van der Waals surface area contributed by atoms with Gasteiger partial charge in [0.05, 0.1) is 0 Å². The first-order valence-electron chi connectivity index (χ1n) is 6.26. The number of aryl methyl sites for hydroxylation is 1. The topological polar surface area (TPSA) is 3.88 Å². The van der Waals surface area contributed by atoms with Gasteiger partial charge in [-0.1, -0.05) is 24.6 Å². The molecule has 0 aliphatic heterocycles. The summed E-state index contributed by atoms with van der Waals surface area (Å²) in [6.07, 6.45) is 10.4. The molecule has 1 atom stereocenters. The van der Waals surface area contributed by atoms with Gasteiger partial charge in [-0.05, 0) is 32.6 Å². The summed E-state index contributed by atoms with van der Waals surface area (Å²) in [7, 11) is 0. The van der Waals surface area contributed by atoms with Gasteiger partial charge in [-0.25, -0.2) is 4.57 Å². The SMILES string of the molecule is CC(C)=CCC[C@@H](C)CC[n+]1ccccc1. The van der Waals surface area contributed by atoms with Crippen LogP contribution in [-0.4, -0.2) is 0 Å². The van der Waals surface area contributed by atoms with E-state index in [1.54, 1.807) is 0 Å². The number of hydrogen-bond acceptors (Lipinski definition) is 0. The summed E-state index contributed by atoms with van der Waals surface area (Å²) >= 11 is 0. The Kier molecular flexibility index (Phi) is 5.84. The molecule has 0 bridgehead atoms. The molecule has 0 saturated heterocycles. The fraction of sp³-hybridized carbons (Fsp3) is 0.533. The molecular weight excluding hydrogens is 194 g/mol. The highest BCUT2D eigenvalue weighted by molar-refractivity contribution is 4.92. The Hall–Kier alpha value is -1.11. The molecule has 0 unspecified atom stereocenters. The number of allylic oxidation sites excluding steroid dienone is 2. The highest BCUT2D eigenvalue weighted by Crippen LogP contribution is 2.11. The minimum atomic E-state index is 0.809. The molecule has 0 aliphatic rings. The molecule has 0 aliphatic carbocycles. The second-order valence-corrected chi connectivity index (χ2v) is 4.87. The van der Waals surface area contributed by atoms with Crippen molar-refractivity contribution < 1.29 is 4.57 Å². The van der Waals surface area contributed by atoms with Gasteiger partial charge in [0.1, 0.15) is 6.54 Å². The zero-order valence-corrected chi connectivity index (χ0v) is 10.8. The van der Waals surface area contributed by atoms with Crippen LogP contribution in [0.5, 0.6) is 0 Å². The second kappa shape index (κ2) is 7.21.